The number of para-hydroxylation sites is 1. The maximum atomic E-state index is 13.2. The molecule has 0 radical (unpaired) electrons. The van der Waals surface area contributed by atoms with Gasteiger partial charge in [0.1, 0.15) is 0 Å². The number of aromatic nitrogens is 3. The van der Waals surface area contributed by atoms with Gasteiger partial charge in [-0.1, -0.05) is 60.3 Å². The Morgan fingerprint density at radius 2 is 1.78 bits per heavy atom. The summed E-state index contributed by atoms with van der Waals surface area (Å²) in [7, 11) is 0. The number of hydrogen-bond acceptors (Lipinski definition) is 5. The van der Waals surface area contributed by atoms with Crippen LogP contribution in [0.1, 0.15) is 33.7 Å². The zero-order valence-corrected chi connectivity index (χ0v) is 20.9. The van der Waals surface area contributed by atoms with Crippen molar-refractivity contribution in [2.45, 2.75) is 31.5 Å². The van der Waals surface area contributed by atoms with Gasteiger partial charge in [-0.3, -0.25) is 14.2 Å². The van der Waals surface area contributed by atoms with Gasteiger partial charge >= 0.3 is 0 Å². The van der Waals surface area contributed by atoms with Gasteiger partial charge in [0.25, 0.3) is 5.91 Å². The number of carbonyl (C=O) groups is 2. The van der Waals surface area contributed by atoms with Gasteiger partial charge in [-0.05, 0) is 61.2 Å². The average Bonchev–Trinajstić information content (AvgIpc) is 3.33. The maximum Gasteiger partial charge on any atom is 0.251 e. The van der Waals surface area contributed by atoms with Crippen LogP contribution in [0.2, 0.25) is 0 Å². The molecule has 5 rings (SSSR count). The Hall–Kier alpha value is -3.91. The van der Waals surface area contributed by atoms with Crippen molar-refractivity contribution < 1.29 is 9.59 Å². The van der Waals surface area contributed by atoms with Crippen molar-refractivity contribution in [2.24, 2.45) is 0 Å². The van der Waals surface area contributed by atoms with E-state index in [2.05, 4.69) is 21.6 Å². The van der Waals surface area contributed by atoms with Crippen molar-refractivity contribution in [1.29, 1.82) is 0 Å². The number of amides is 2. The van der Waals surface area contributed by atoms with Crippen molar-refractivity contribution in [3.8, 4) is 5.69 Å². The summed E-state index contributed by atoms with van der Waals surface area (Å²) in [5.74, 6) is 0.713. The zero-order chi connectivity index (χ0) is 24.9. The van der Waals surface area contributed by atoms with Crippen molar-refractivity contribution in [1.82, 2.24) is 20.1 Å². The van der Waals surface area contributed by atoms with E-state index in [-0.39, 0.29) is 24.1 Å². The monoisotopic (exact) mass is 497 g/mol. The summed E-state index contributed by atoms with van der Waals surface area (Å²) >= 11 is 1.36. The number of hydrogen-bond donors (Lipinski definition) is 1. The lowest BCUT2D eigenvalue weighted by Gasteiger charge is -2.29. The van der Waals surface area contributed by atoms with E-state index in [1.807, 2.05) is 77.1 Å². The van der Waals surface area contributed by atoms with Gasteiger partial charge in [-0.2, -0.15) is 0 Å². The second kappa shape index (κ2) is 10.8. The average molecular weight is 498 g/mol. The molecule has 182 valence electrons. The van der Waals surface area contributed by atoms with Crippen molar-refractivity contribution in [3.63, 3.8) is 0 Å². The molecular weight excluding hydrogens is 470 g/mol. The van der Waals surface area contributed by atoms with E-state index in [1.54, 1.807) is 12.1 Å². The van der Waals surface area contributed by atoms with Gasteiger partial charge in [0, 0.05) is 23.5 Å². The quantitative estimate of drug-likeness (QED) is 0.378. The lowest BCUT2D eigenvalue weighted by Crippen LogP contribution is -2.36. The van der Waals surface area contributed by atoms with Gasteiger partial charge in [0.2, 0.25) is 5.91 Å². The highest BCUT2D eigenvalue weighted by Gasteiger charge is 2.24. The maximum absolute atomic E-state index is 13.2. The molecule has 0 unspecified atom stereocenters. The number of nitrogens with one attached hydrogen (secondary N) is 1. The fourth-order valence-corrected chi connectivity index (χ4v) is 5.23. The van der Waals surface area contributed by atoms with E-state index in [0.29, 0.717) is 16.5 Å². The third-order valence-electron chi connectivity index (χ3n) is 6.14. The Balaban J connectivity index is 1.35. The Morgan fingerprint density at radius 3 is 2.61 bits per heavy atom. The first-order valence-corrected chi connectivity index (χ1v) is 12.9. The fraction of sp³-hybridized carbons (Fsp3) is 0.214. The van der Waals surface area contributed by atoms with Crippen LogP contribution < -0.4 is 10.2 Å². The number of benzene rings is 3. The molecule has 1 N–H and O–H groups in total. The van der Waals surface area contributed by atoms with Crippen LogP contribution in [-0.4, -0.2) is 38.9 Å². The van der Waals surface area contributed by atoms with Crippen LogP contribution in [0.25, 0.3) is 5.69 Å². The molecule has 1 aliphatic heterocycles. The van der Waals surface area contributed by atoms with Gasteiger partial charge in [0.05, 0.1) is 12.3 Å². The first kappa shape index (κ1) is 23.8. The van der Waals surface area contributed by atoms with E-state index in [0.717, 1.165) is 36.3 Å². The SMILES string of the molecule is Cc1cccc(-n2c(CNC(=O)c3ccccc3)nnc2SCC(=O)N2CCCc3ccccc32)c1. The van der Waals surface area contributed by atoms with Crippen LogP contribution >= 0.6 is 11.8 Å². The minimum absolute atomic E-state index is 0.0462. The van der Waals surface area contributed by atoms with Gasteiger partial charge < -0.3 is 10.2 Å². The number of nitrogens with zero attached hydrogens (tertiary/aromatic N) is 4. The first-order chi connectivity index (χ1) is 17.6. The first-order valence-electron chi connectivity index (χ1n) is 12.0. The van der Waals surface area contributed by atoms with Crippen LogP contribution in [0.15, 0.2) is 84.0 Å². The molecule has 0 atom stereocenters. The molecule has 0 aliphatic carbocycles. The molecule has 0 bridgehead atoms. The van der Waals surface area contributed by atoms with E-state index >= 15 is 0 Å². The molecule has 0 saturated heterocycles. The molecule has 2 heterocycles. The number of carbonyl (C=O) groups excluding carboxylic acids is 2. The zero-order valence-electron chi connectivity index (χ0n) is 20.1. The Kier molecular flexibility index (Phi) is 7.13. The minimum Gasteiger partial charge on any atom is -0.345 e. The molecule has 4 aromatic rings. The standard InChI is InChI=1S/C28H27N5O2S/c1-20-9-7-14-23(17-20)33-25(18-29-27(35)22-11-3-2-4-12-22)30-31-28(33)36-19-26(34)32-16-8-13-21-10-5-6-15-24(21)32/h2-7,9-12,14-15,17H,8,13,16,18-19H2,1H3,(H,29,35). The largest absolute Gasteiger partial charge is 0.345 e. The predicted octanol–water partition coefficient (Wildman–Crippen LogP) is 4.58. The molecule has 1 aliphatic rings. The van der Waals surface area contributed by atoms with Gasteiger partial charge in [-0.25, -0.2) is 0 Å². The van der Waals surface area contributed by atoms with Crippen molar-refractivity contribution in [3.05, 3.63) is 101 Å². The van der Waals surface area contributed by atoms with E-state index in [1.165, 1.54) is 17.3 Å². The summed E-state index contributed by atoms with van der Waals surface area (Å²) in [6.07, 6.45) is 1.95. The topological polar surface area (TPSA) is 80.1 Å². The fourth-order valence-electron chi connectivity index (χ4n) is 4.38. The number of thioether (sulfide) groups is 1. The van der Waals surface area contributed by atoms with Crippen LogP contribution in [-0.2, 0) is 17.8 Å². The van der Waals surface area contributed by atoms with Crippen molar-refractivity contribution in [2.75, 3.05) is 17.2 Å². The van der Waals surface area contributed by atoms with E-state index in [9.17, 15) is 9.59 Å². The molecular formula is C28H27N5O2S. The van der Waals surface area contributed by atoms with Crippen LogP contribution in [0, 0.1) is 6.92 Å². The van der Waals surface area contributed by atoms with Gasteiger partial charge in [-0.15, -0.1) is 10.2 Å². The summed E-state index contributed by atoms with van der Waals surface area (Å²) in [5.41, 5.74) is 4.78. The van der Waals surface area contributed by atoms with E-state index < -0.39 is 0 Å². The molecule has 36 heavy (non-hydrogen) atoms. The third-order valence-corrected chi connectivity index (χ3v) is 7.05. The van der Waals surface area contributed by atoms with Crippen LogP contribution in [0.5, 0.6) is 0 Å². The minimum atomic E-state index is -0.178. The molecule has 0 fully saturated rings. The Bertz CT molecular complexity index is 1390. The van der Waals surface area contributed by atoms with Crippen LogP contribution in [0.4, 0.5) is 5.69 Å². The summed E-state index contributed by atoms with van der Waals surface area (Å²) in [6, 6.07) is 25.2. The van der Waals surface area contributed by atoms with E-state index in [4.69, 9.17) is 0 Å². The summed E-state index contributed by atoms with van der Waals surface area (Å²) in [5, 5.41) is 12.3. The van der Waals surface area contributed by atoms with Crippen LogP contribution in [0.3, 0.4) is 0 Å². The smallest absolute Gasteiger partial charge is 0.251 e. The Morgan fingerprint density at radius 1 is 0.972 bits per heavy atom. The Labute approximate surface area is 214 Å². The summed E-state index contributed by atoms with van der Waals surface area (Å²) < 4.78 is 1.92. The molecule has 1 aromatic heterocycles. The molecule has 2 amide bonds. The highest BCUT2D eigenvalue weighted by Crippen LogP contribution is 2.29. The highest BCUT2D eigenvalue weighted by molar-refractivity contribution is 7.99. The summed E-state index contributed by atoms with van der Waals surface area (Å²) in [6.45, 7) is 2.95. The second-order valence-electron chi connectivity index (χ2n) is 8.69. The second-order valence-corrected chi connectivity index (χ2v) is 9.63. The number of anilines is 1. The normalized spacial score (nSPS) is 12.8. The molecule has 7 nitrogen and oxygen atoms in total. The highest BCUT2D eigenvalue weighted by atomic mass is 32.2. The molecule has 3 aromatic carbocycles. The van der Waals surface area contributed by atoms with Crippen molar-refractivity contribution >= 4 is 29.3 Å². The molecule has 8 heteroatoms. The predicted molar refractivity (Wildman–Crippen MR) is 142 cm³/mol. The number of aryl methyl sites for hydroxylation is 2. The van der Waals surface area contributed by atoms with Gasteiger partial charge in [0.15, 0.2) is 11.0 Å². The number of rotatable bonds is 7. The molecule has 0 saturated carbocycles. The lowest BCUT2D eigenvalue weighted by atomic mass is 10.0. The third kappa shape index (κ3) is 5.18. The number of fused-ring (bicyclic) bond motifs is 1. The molecule has 0 spiro atoms. The summed E-state index contributed by atoms with van der Waals surface area (Å²) in [4.78, 5) is 27.7. The lowest BCUT2D eigenvalue weighted by molar-refractivity contribution is -0.116.